The third-order valence-corrected chi connectivity index (χ3v) is 1.90. The van der Waals surface area contributed by atoms with Crippen molar-refractivity contribution in [2.75, 3.05) is 0 Å². The third-order valence-electron chi connectivity index (χ3n) is 1.49. The van der Waals surface area contributed by atoms with E-state index in [1.165, 1.54) is 0 Å². The first kappa shape index (κ1) is 9.14. The van der Waals surface area contributed by atoms with E-state index >= 15 is 0 Å². The molecule has 0 aliphatic carbocycles. The van der Waals surface area contributed by atoms with E-state index in [4.69, 9.17) is 4.74 Å². The molecule has 72 valence electrons. The van der Waals surface area contributed by atoms with Gasteiger partial charge in [-0.2, -0.15) is 5.10 Å². The number of aryl methyl sites for hydroxylation is 1. The summed E-state index contributed by atoms with van der Waals surface area (Å²) >= 11 is 3.24. The largest absolute Gasteiger partial charge is 0.421 e. The Morgan fingerprint density at radius 1 is 1.29 bits per heavy atom. The smallest absolute Gasteiger partial charge is 0.322 e. The van der Waals surface area contributed by atoms with E-state index in [0.717, 1.165) is 4.47 Å². The molecule has 0 amide bonds. The fourth-order valence-corrected chi connectivity index (χ4v) is 1.11. The molecule has 14 heavy (non-hydrogen) atoms. The second kappa shape index (κ2) is 3.75. The molecule has 0 radical (unpaired) electrons. The molecule has 2 rings (SSSR count). The lowest BCUT2D eigenvalue weighted by Crippen LogP contribution is -1.89. The highest BCUT2D eigenvalue weighted by atomic mass is 79.9. The summed E-state index contributed by atoms with van der Waals surface area (Å²) < 4.78 is 7.79. The van der Waals surface area contributed by atoms with E-state index in [0.29, 0.717) is 11.8 Å². The zero-order chi connectivity index (χ0) is 9.97. The van der Waals surface area contributed by atoms with Crippen molar-refractivity contribution >= 4 is 15.9 Å². The van der Waals surface area contributed by atoms with Gasteiger partial charge in [0.2, 0.25) is 0 Å². The molecule has 0 aromatic carbocycles. The molecule has 0 atom stereocenters. The maximum atomic E-state index is 5.33. The van der Waals surface area contributed by atoms with Gasteiger partial charge in [0.1, 0.15) is 0 Å². The molecule has 6 heteroatoms. The van der Waals surface area contributed by atoms with Gasteiger partial charge in [-0.25, -0.2) is 9.97 Å². The van der Waals surface area contributed by atoms with Gasteiger partial charge in [-0.1, -0.05) is 0 Å². The minimum atomic E-state index is 0.307. The lowest BCUT2D eigenvalue weighted by atomic mass is 10.6. The number of hydrogen-bond donors (Lipinski definition) is 0. The standard InChI is InChI=1S/C8H7BrN4O/c1-13-5-7(4-12-13)14-8-10-2-6(9)3-11-8/h2-5H,1H3. The Morgan fingerprint density at radius 2 is 2.00 bits per heavy atom. The third kappa shape index (κ3) is 2.08. The fourth-order valence-electron chi connectivity index (χ4n) is 0.910. The second-order valence-electron chi connectivity index (χ2n) is 2.64. The predicted octanol–water partition coefficient (Wildman–Crippen LogP) is 1.76. The maximum Gasteiger partial charge on any atom is 0.322 e. The molecule has 0 saturated carbocycles. The topological polar surface area (TPSA) is 52.8 Å². The van der Waals surface area contributed by atoms with Crippen LogP contribution in [0.25, 0.3) is 0 Å². The van der Waals surface area contributed by atoms with Gasteiger partial charge < -0.3 is 4.74 Å². The molecule has 0 fully saturated rings. The number of hydrogen-bond acceptors (Lipinski definition) is 4. The van der Waals surface area contributed by atoms with Gasteiger partial charge in [0.05, 0.1) is 16.9 Å². The van der Waals surface area contributed by atoms with Crippen LogP contribution in [0.2, 0.25) is 0 Å². The van der Waals surface area contributed by atoms with Crippen LogP contribution in [-0.4, -0.2) is 19.7 Å². The summed E-state index contributed by atoms with van der Waals surface area (Å²) in [4.78, 5) is 7.93. The first-order chi connectivity index (χ1) is 6.74. The van der Waals surface area contributed by atoms with E-state index in [9.17, 15) is 0 Å². The van der Waals surface area contributed by atoms with Crippen LogP contribution >= 0.6 is 15.9 Å². The Morgan fingerprint density at radius 3 is 2.57 bits per heavy atom. The number of ether oxygens (including phenoxy) is 1. The van der Waals surface area contributed by atoms with Gasteiger partial charge in [0.25, 0.3) is 0 Å². The van der Waals surface area contributed by atoms with Gasteiger partial charge >= 0.3 is 6.01 Å². The van der Waals surface area contributed by atoms with Crippen LogP contribution in [0.15, 0.2) is 29.3 Å². The maximum absolute atomic E-state index is 5.33. The average Bonchev–Trinajstić information content (AvgIpc) is 2.56. The monoisotopic (exact) mass is 254 g/mol. The molecule has 2 heterocycles. The first-order valence-electron chi connectivity index (χ1n) is 3.88. The fraction of sp³-hybridized carbons (Fsp3) is 0.125. The number of rotatable bonds is 2. The highest BCUT2D eigenvalue weighted by Crippen LogP contribution is 2.16. The minimum Gasteiger partial charge on any atom is -0.421 e. The van der Waals surface area contributed by atoms with Crippen molar-refractivity contribution in [1.82, 2.24) is 19.7 Å². The van der Waals surface area contributed by atoms with Crippen LogP contribution in [0.3, 0.4) is 0 Å². The number of nitrogens with zero attached hydrogens (tertiary/aromatic N) is 4. The molecule has 0 bridgehead atoms. The first-order valence-corrected chi connectivity index (χ1v) is 4.67. The zero-order valence-electron chi connectivity index (χ0n) is 7.38. The number of aromatic nitrogens is 4. The van der Waals surface area contributed by atoms with E-state index < -0.39 is 0 Å². The van der Waals surface area contributed by atoms with Crippen molar-refractivity contribution in [2.45, 2.75) is 0 Å². The molecule has 0 aliphatic heterocycles. The van der Waals surface area contributed by atoms with Crippen molar-refractivity contribution in [3.05, 3.63) is 29.3 Å². The lowest BCUT2D eigenvalue weighted by Gasteiger charge is -1.98. The van der Waals surface area contributed by atoms with Crippen molar-refractivity contribution in [3.8, 4) is 11.8 Å². The summed E-state index contributed by atoms with van der Waals surface area (Å²) in [6, 6.07) is 0.307. The van der Waals surface area contributed by atoms with Crippen LogP contribution in [0.1, 0.15) is 0 Å². The molecule has 0 unspecified atom stereocenters. The highest BCUT2D eigenvalue weighted by molar-refractivity contribution is 9.10. The molecule has 0 saturated heterocycles. The summed E-state index contributed by atoms with van der Waals surface area (Å²) in [7, 11) is 1.81. The second-order valence-corrected chi connectivity index (χ2v) is 3.55. The molecule has 0 spiro atoms. The van der Waals surface area contributed by atoms with Gasteiger partial charge in [-0.15, -0.1) is 0 Å². The summed E-state index contributed by atoms with van der Waals surface area (Å²) in [6.45, 7) is 0. The van der Waals surface area contributed by atoms with Gasteiger partial charge in [0.15, 0.2) is 5.75 Å². The summed E-state index contributed by atoms with van der Waals surface area (Å²) in [6.07, 6.45) is 6.59. The van der Waals surface area contributed by atoms with Gasteiger partial charge in [0, 0.05) is 19.4 Å². The Balaban J connectivity index is 2.15. The highest BCUT2D eigenvalue weighted by Gasteiger charge is 2.01. The van der Waals surface area contributed by atoms with Crippen LogP contribution in [-0.2, 0) is 7.05 Å². The Hall–Kier alpha value is -1.43. The summed E-state index contributed by atoms with van der Waals surface area (Å²) in [5.74, 6) is 0.620. The van der Waals surface area contributed by atoms with Gasteiger partial charge in [-0.05, 0) is 15.9 Å². The average molecular weight is 255 g/mol. The Bertz CT molecular complexity index is 425. The molecule has 0 N–H and O–H groups in total. The molecule has 2 aromatic heterocycles. The van der Waals surface area contributed by atoms with Crippen molar-refractivity contribution < 1.29 is 4.74 Å². The zero-order valence-corrected chi connectivity index (χ0v) is 8.97. The predicted molar refractivity (Wildman–Crippen MR) is 53.0 cm³/mol. The summed E-state index contributed by atoms with van der Waals surface area (Å²) in [5, 5.41) is 3.96. The van der Waals surface area contributed by atoms with Crippen LogP contribution in [0, 0.1) is 0 Å². The van der Waals surface area contributed by atoms with Crippen LogP contribution in [0.5, 0.6) is 11.8 Å². The quantitative estimate of drug-likeness (QED) is 0.820. The van der Waals surface area contributed by atoms with Crippen LogP contribution in [0.4, 0.5) is 0 Å². The molecule has 0 aliphatic rings. The lowest BCUT2D eigenvalue weighted by molar-refractivity contribution is 0.441. The SMILES string of the molecule is Cn1cc(Oc2ncc(Br)cn2)cn1. The summed E-state index contributed by atoms with van der Waals surface area (Å²) in [5.41, 5.74) is 0. The van der Waals surface area contributed by atoms with E-state index in [-0.39, 0.29) is 0 Å². The number of halogens is 1. The van der Waals surface area contributed by atoms with Crippen LogP contribution < -0.4 is 4.74 Å². The normalized spacial score (nSPS) is 10.1. The molecule has 5 nitrogen and oxygen atoms in total. The van der Waals surface area contributed by atoms with Crippen molar-refractivity contribution in [1.29, 1.82) is 0 Å². The van der Waals surface area contributed by atoms with E-state index in [1.54, 1.807) is 29.5 Å². The molecular formula is C8H7BrN4O. The molecule has 2 aromatic rings. The van der Waals surface area contributed by atoms with Crippen molar-refractivity contribution in [3.63, 3.8) is 0 Å². The minimum absolute atomic E-state index is 0.307. The molecular weight excluding hydrogens is 248 g/mol. The van der Waals surface area contributed by atoms with Crippen molar-refractivity contribution in [2.24, 2.45) is 7.05 Å². The Labute approximate surface area is 88.9 Å². The Kier molecular flexibility index (Phi) is 2.45. The van der Waals surface area contributed by atoms with E-state index in [1.807, 2.05) is 7.05 Å². The van der Waals surface area contributed by atoms with E-state index in [2.05, 4.69) is 31.0 Å². The van der Waals surface area contributed by atoms with Gasteiger partial charge in [-0.3, -0.25) is 4.68 Å².